The summed E-state index contributed by atoms with van der Waals surface area (Å²) in [5.74, 6) is 0.532. The zero-order chi connectivity index (χ0) is 16.7. The van der Waals surface area contributed by atoms with Crippen LogP contribution in [0.2, 0.25) is 4.34 Å². The van der Waals surface area contributed by atoms with Gasteiger partial charge in [-0.05, 0) is 11.4 Å². The van der Waals surface area contributed by atoms with Gasteiger partial charge in [0.05, 0.1) is 5.39 Å². The number of nitrogens with zero attached hydrogens (tertiary/aromatic N) is 4. The van der Waals surface area contributed by atoms with Crippen LogP contribution in [-0.2, 0) is 12.8 Å². The van der Waals surface area contributed by atoms with E-state index >= 15 is 0 Å². The molecule has 0 aliphatic carbocycles. The SMILES string of the molecule is Cn1c(SCc2nnsc2Cl)nc2scc(-c3cccs3)c2c1=O. The van der Waals surface area contributed by atoms with Crippen LogP contribution in [0.4, 0.5) is 0 Å². The number of halogens is 1. The summed E-state index contributed by atoms with van der Waals surface area (Å²) in [6.07, 6.45) is 0. The van der Waals surface area contributed by atoms with Crippen LogP contribution >= 0.6 is 57.6 Å². The van der Waals surface area contributed by atoms with Crippen molar-refractivity contribution in [3.63, 3.8) is 0 Å². The molecule has 0 aliphatic rings. The van der Waals surface area contributed by atoms with Gasteiger partial charge in [-0.2, -0.15) is 0 Å². The largest absolute Gasteiger partial charge is 0.290 e. The smallest absolute Gasteiger partial charge is 0.263 e. The van der Waals surface area contributed by atoms with Crippen LogP contribution in [0.5, 0.6) is 0 Å². The number of fused-ring (bicyclic) bond motifs is 1. The van der Waals surface area contributed by atoms with Gasteiger partial charge in [-0.25, -0.2) is 4.98 Å². The third-order valence-electron chi connectivity index (χ3n) is 3.41. The Morgan fingerprint density at radius 1 is 1.38 bits per heavy atom. The first kappa shape index (κ1) is 16.2. The Morgan fingerprint density at radius 2 is 2.25 bits per heavy atom. The molecule has 0 unspecified atom stereocenters. The van der Waals surface area contributed by atoms with Crippen LogP contribution in [0.1, 0.15) is 5.69 Å². The van der Waals surface area contributed by atoms with Crippen molar-refractivity contribution in [2.24, 2.45) is 7.05 Å². The molecule has 0 bridgehead atoms. The molecular formula is C14H9ClN4OS4. The van der Waals surface area contributed by atoms with Crippen molar-refractivity contribution < 1.29 is 0 Å². The lowest BCUT2D eigenvalue weighted by atomic mass is 10.2. The highest BCUT2D eigenvalue weighted by molar-refractivity contribution is 7.98. The van der Waals surface area contributed by atoms with E-state index in [1.807, 2.05) is 22.9 Å². The number of hydrogen-bond donors (Lipinski definition) is 0. The van der Waals surface area contributed by atoms with Gasteiger partial charge in [0.25, 0.3) is 5.56 Å². The molecule has 122 valence electrons. The molecule has 0 spiro atoms. The molecule has 0 fully saturated rings. The fourth-order valence-electron chi connectivity index (χ4n) is 2.21. The summed E-state index contributed by atoms with van der Waals surface area (Å²) in [5.41, 5.74) is 1.64. The van der Waals surface area contributed by atoms with Crippen LogP contribution in [0, 0.1) is 0 Å². The Labute approximate surface area is 158 Å². The zero-order valence-corrected chi connectivity index (χ0v) is 16.2. The van der Waals surface area contributed by atoms with Gasteiger partial charge in [0, 0.05) is 40.2 Å². The maximum absolute atomic E-state index is 12.8. The molecule has 0 aromatic carbocycles. The Kier molecular flexibility index (Phi) is 4.44. The van der Waals surface area contributed by atoms with E-state index in [0.717, 1.165) is 26.8 Å². The first-order valence-corrected chi connectivity index (χ1v) is 10.7. The molecule has 0 saturated heterocycles. The maximum atomic E-state index is 12.8. The minimum atomic E-state index is -0.0327. The van der Waals surface area contributed by atoms with Crippen LogP contribution < -0.4 is 5.56 Å². The molecule has 4 heterocycles. The summed E-state index contributed by atoms with van der Waals surface area (Å²) in [6, 6.07) is 4.00. The standard InChI is InChI=1S/C14H9ClN4OS4/c1-19-13(20)10-7(9-3-2-4-21-9)5-22-12(10)16-14(19)23-6-8-11(15)24-18-17-8/h2-5H,6H2,1H3. The van der Waals surface area contributed by atoms with E-state index in [9.17, 15) is 4.79 Å². The second kappa shape index (κ2) is 6.57. The number of aromatic nitrogens is 4. The summed E-state index contributed by atoms with van der Waals surface area (Å²) in [6.45, 7) is 0. The Balaban J connectivity index is 1.75. The zero-order valence-electron chi connectivity index (χ0n) is 12.2. The molecule has 0 amide bonds. The van der Waals surface area contributed by atoms with E-state index in [-0.39, 0.29) is 5.56 Å². The highest BCUT2D eigenvalue weighted by Gasteiger charge is 2.17. The Bertz CT molecular complexity index is 1070. The molecule has 24 heavy (non-hydrogen) atoms. The van der Waals surface area contributed by atoms with E-state index < -0.39 is 0 Å². The van der Waals surface area contributed by atoms with E-state index in [1.54, 1.807) is 23.0 Å². The average Bonchev–Trinajstić information content (AvgIpc) is 3.29. The molecule has 4 aromatic rings. The van der Waals surface area contributed by atoms with Crippen molar-refractivity contribution in [1.29, 1.82) is 0 Å². The summed E-state index contributed by atoms with van der Waals surface area (Å²) >= 11 is 11.7. The van der Waals surface area contributed by atoms with E-state index in [1.165, 1.54) is 23.1 Å². The molecule has 0 saturated carbocycles. The fourth-order valence-corrected chi connectivity index (χ4v) is 5.72. The normalized spacial score (nSPS) is 11.4. The van der Waals surface area contributed by atoms with Gasteiger partial charge in [-0.3, -0.25) is 9.36 Å². The minimum Gasteiger partial charge on any atom is -0.290 e. The third-order valence-corrected chi connectivity index (χ3v) is 7.21. The first-order valence-electron chi connectivity index (χ1n) is 6.77. The monoisotopic (exact) mass is 412 g/mol. The Morgan fingerprint density at radius 3 is 2.96 bits per heavy atom. The third kappa shape index (κ3) is 2.80. The summed E-state index contributed by atoms with van der Waals surface area (Å²) in [4.78, 5) is 19.3. The summed E-state index contributed by atoms with van der Waals surface area (Å²) < 4.78 is 5.98. The minimum absolute atomic E-state index is 0.0327. The average molecular weight is 413 g/mol. The predicted octanol–water partition coefficient (Wildman–Crippen LogP) is 4.52. The van der Waals surface area contributed by atoms with Crippen LogP contribution in [0.25, 0.3) is 20.7 Å². The second-order valence-electron chi connectivity index (χ2n) is 4.85. The van der Waals surface area contributed by atoms with E-state index in [2.05, 4.69) is 14.6 Å². The number of thioether (sulfide) groups is 1. The molecule has 10 heteroatoms. The molecule has 0 N–H and O–H groups in total. The lowest BCUT2D eigenvalue weighted by Gasteiger charge is -2.06. The highest BCUT2D eigenvalue weighted by Crippen LogP contribution is 2.35. The van der Waals surface area contributed by atoms with Gasteiger partial charge in [0.1, 0.15) is 14.9 Å². The summed E-state index contributed by atoms with van der Waals surface area (Å²) in [5, 5.41) is 9.33. The first-order chi connectivity index (χ1) is 11.6. The molecule has 0 aliphatic heterocycles. The molecule has 4 rings (SSSR count). The molecule has 4 aromatic heterocycles. The van der Waals surface area contributed by atoms with Crippen LogP contribution in [-0.4, -0.2) is 19.1 Å². The maximum Gasteiger partial charge on any atom is 0.263 e. The number of rotatable bonds is 4. The lowest BCUT2D eigenvalue weighted by molar-refractivity contribution is 0.728. The van der Waals surface area contributed by atoms with Gasteiger partial charge in [0.2, 0.25) is 0 Å². The van der Waals surface area contributed by atoms with Crippen LogP contribution in [0.15, 0.2) is 32.8 Å². The van der Waals surface area contributed by atoms with Gasteiger partial charge < -0.3 is 0 Å². The van der Waals surface area contributed by atoms with E-state index in [0.29, 0.717) is 26.3 Å². The Hall–Kier alpha value is -1.26. The van der Waals surface area contributed by atoms with Gasteiger partial charge in [0.15, 0.2) is 5.16 Å². The number of hydrogen-bond acceptors (Lipinski definition) is 8. The topological polar surface area (TPSA) is 60.7 Å². The second-order valence-corrected chi connectivity index (χ2v) is 8.95. The van der Waals surface area contributed by atoms with Gasteiger partial charge in [-0.15, -0.1) is 27.8 Å². The van der Waals surface area contributed by atoms with Gasteiger partial charge in [-0.1, -0.05) is 33.9 Å². The van der Waals surface area contributed by atoms with Crippen molar-refractivity contribution in [2.75, 3.05) is 0 Å². The van der Waals surface area contributed by atoms with Crippen molar-refractivity contribution in [3.05, 3.63) is 43.3 Å². The van der Waals surface area contributed by atoms with Crippen LogP contribution in [0.3, 0.4) is 0 Å². The highest BCUT2D eigenvalue weighted by atomic mass is 35.5. The van der Waals surface area contributed by atoms with Crippen molar-refractivity contribution in [1.82, 2.24) is 19.1 Å². The van der Waals surface area contributed by atoms with Crippen molar-refractivity contribution in [3.8, 4) is 10.4 Å². The van der Waals surface area contributed by atoms with Gasteiger partial charge >= 0.3 is 0 Å². The predicted molar refractivity (Wildman–Crippen MR) is 103 cm³/mol. The molecule has 0 radical (unpaired) electrons. The lowest BCUT2D eigenvalue weighted by Crippen LogP contribution is -2.19. The fraction of sp³-hybridized carbons (Fsp3) is 0.143. The van der Waals surface area contributed by atoms with E-state index in [4.69, 9.17) is 11.6 Å². The summed E-state index contributed by atoms with van der Waals surface area (Å²) in [7, 11) is 1.74. The molecular weight excluding hydrogens is 404 g/mol. The molecule has 0 atom stereocenters. The van der Waals surface area contributed by atoms with Crippen molar-refractivity contribution in [2.45, 2.75) is 10.9 Å². The number of thiophene rings is 2. The van der Waals surface area contributed by atoms with Crippen molar-refractivity contribution >= 4 is 67.8 Å². The molecule has 5 nitrogen and oxygen atoms in total. The quantitative estimate of drug-likeness (QED) is 0.364.